The van der Waals surface area contributed by atoms with E-state index in [2.05, 4.69) is 23.9 Å². The second-order valence-electron chi connectivity index (χ2n) is 6.23. The van der Waals surface area contributed by atoms with E-state index in [0.29, 0.717) is 18.5 Å². The third kappa shape index (κ3) is 4.95. The normalized spacial score (nSPS) is 22.8. The highest BCUT2D eigenvalue weighted by Crippen LogP contribution is 2.30. The number of hydrogen-bond donors (Lipinski definition) is 1. The Morgan fingerprint density at radius 3 is 2.71 bits per heavy atom. The predicted molar refractivity (Wildman–Crippen MR) is 80.5 cm³/mol. The molecule has 2 atom stereocenters. The van der Waals surface area contributed by atoms with Crippen molar-refractivity contribution >= 4 is 0 Å². The maximum Gasteiger partial charge on any atom is 0.387 e. The van der Waals surface area contributed by atoms with Gasteiger partial charge in [-0.2, -0.15) is 8.78 Å². The zero-order chi connectivity index (χ0) is 15.2. The summed E-state index contributed by atoms with van der Waals surface area (Å²) in [5.41, 5.74) is 0.796. The third-order valence-electron chi connectivity index (χ3n) is 4.43. The fourth-order valence-corrected chi connectivity index (χ4v) is 3.13. The number of benzene rings is 1. The third-order valence-corrected chi connectivity index (χ3v) is 4.43. The van der Waals surface area contributed by atoms with Gasteiger partial charge in [0.2, 0.25) is 0 Å². The number of halogens is 2. The average molecular weight is 297 g/mol. The molecule has 0 heterocycles. The van der Waals surface area contributed by atoms with Crippen molar-refractivity contribution < 1.29 is 13.5 Å². The van der Waals surface area contributed by atoms with Crippen molar-refractivity contribution in [2.75, 3.05) is 0 Å². The van der Waals surface area contributed by atoms with E-state index in [1.54, 1.807) is 12.1 Å². The number of para-hydroxylation sites is 1. The highest BCUT2D eigenvalue weighted by molar-refractivity contribution is 5.33. The van der Waals surface area contributed by atoms with E-state index in [4.69, 9.17) is 0 Å². The molecule has 2 nitrogen and oxygen atoms in total. The summed E-state index contributed by atoms with van der Waals surface area (Å²) in [6.07, 6.45) is 4.90. The van der Waals surface area contributed by atoms with Crippen molar-refractivity contribution in [3.05, 3.63) is 29.8 Å². The van der Waals surface area contributed by atoms with Gasteiger partial charge in [-0.25, -0.2) is 0 Å². The fraction of sp³-hybridized carbons (Fsp3) is 0.647. The van der Waals surface area contributed by atoms with Crippen LogP contribution in [0, 0.1) is 11.8 Å². The van der Waals surface area contributed by atoms with E-state index in [0.717, 1.165) is 11.5 Å². The van der Waals surface area contributed by atoms with Crippen LogP contribution < -0.4 is 10.1 Å². The van der Waals surface area contributed by atoms with E-state index in [1.165, 1.54) is 25.7 Å². The first-order valence-corrected chi connectivity index (χ1v) is 7.82. The number of hydrogen-bond acceptors (Lipinski definition) is 2. The van der Waals surface area contributed by atoms with Crippen molar-refractivity contribution in [2.45, 2.75) is 58.7 Å². The molecule has 1 aliphatic rings. The van der Waals surface area contributed by atoms with Crippen LogP contribution in [-0.4, -0.2) is 12.7 Å². The zero-order valence-electron chi connectivity index (χ0n) is 12.8. The number of nitrogens with one attached hydrogen (secondary N) is 1. The van der Waals surface area contributed by atoms with Gasteiger partial charge >= 0.3 is 6.61 Å². The Morgan fingerprint density at radius 2 is 2.00 bits per heavy atom. The lowest BCUT2D eigenvalue weighted by atomic mass is 9.79. The SMILES string of the molecule is CC(C)C1CCCC(NCc2ccccc2OC(F)F)C1. The highest BCUT2D eigenvalue weighted by atomic mass is 19.3. The molecule has 2 rings (SSSR count). The van der Waals surface area contributed by atoms with E-state index in [-0.39, 0.29) is 5.75 Å². The van der Waals surface area contributed by atoms with Gasteiger partial charge in [0.05, 0.1) is 0 Å². The van der Waals surface area contributed by atoms with Crippen LogP contribution in [0.1, 0.15) is 45.1 Å². The molecule has 0 aromatic heterocycles. The molecule has 21 heavy (non-hydrogen) atoms. The minimum atomic E-state index is -2.77. The van der Waals surface area contributed by atoms with Gasteiger partial charge in [0, 0.05) is 18.2 Å². The summed E-state index contributed by atoms with van der Waals surface area (Å²) < 4.78 is 29.4. The van der Waals surface area contributed by atoms with Crippen LogP contribution in [0.4, 0.5) is 8.78 Å². The Labute approximate surface area is 125 Å². The minimum Gasteiger partial charge on any atom is -0.434 e. The quantitative estimate of drug-likeness (QED) is 0.829. The summed E-state index contributed by atoms with van der Waals surface area (Å²) in [6, 6.07) is 7.49. The summed E-state index contributed by atoms with van der Waals surface area (Å²) in [4.78, 5) is 0. The summed E-state index contributed by atoms with van der Waals surface area (Å²) in [7, 11) is 0. The van der Waals surface area contributed by atoms with Gasteiger partial charge in [-0.05, 0) is 30.7 Å². The van der Waals surface area contributed by atoms with Crippen molar-refractivity contribution in [3.8, 4) is 5.75 Å². The standard InChI is InChI=1S/C17H25F2NO/c1-12(2)13-7-5-8-15(10-13)20-11-14-6-3-4-9-16(14)21-17(18)19/h3-4,6,9,12-13,15,17,20H,5,7-8,10-11H2,1-2H3. The molecule has 1 fully saturated rings. The minimum absolute atomic E-state index is 0.274. The number of ether oxygens (including phenoxy) is 1. The second-order valence-corrected chi connectivity index (χ2v) is 6.23. The van der Waals surface area contributed by atoms with Gasteiger partial charge in [-0.3, -0.25) is 0 Å². The molecule has 0 bridgehead atoms. The van der Waals surface area contributed by atoms with Crippen LogP contribution in [0.15, 0.2) is 24.3 Å². The first-order chi connectivity index (χ1) is 10.1. The Morgan fingerprint density at radius 1 is 1.24 bits per heavy atom. The molecule has 1 N–H and O–H groups in total. The Bertz CT molecular complexity index is 437. The van der Waals surface area contributed by atoms with Crippen LogP contribution in [-0.2, 0) is 6.54 Å². The Hall–Kier alpha value is -1.16. The molecule has 0 amide bonds. The summed E-state index contributed by atoms with van der Waals surface area (Å²) in [5.74, 6) is 1.75. The van der Waals surface area contributed by atoms with Gasteiger partial charge in [0.15, 0.2) is 0 Å². The van der Waals surface area contributed by atoms with Crippen LogP contribution in [0.3, 0.4) is 0 Å². The lowest BCUT2D eigenvalue weighted by Gasteiger charge is -2.32. The lowest BCUT2D eigenvalue weighted by molar-refractivity contribution is -0.0505. The molecule has 118 valence electrons. The molecule has 0 radical (unpaired) electrons. The maximum absolute atomic E-state index is 12.4. The molecule has 4 heteroatoms. The molecular weight excluding hydrogens is 272 g/mol. The van der Waals surface area contributed by atoms with Crippen molar-refractivity contribution in [1.29, 1.82) is 0 Å². The van der Waals surface area contributed by atoms with Crippen LogP contribution in [0.2, 0.25) is 0 Å². The molecule has 1 aliphatic carbocycles. The van der Waals surface area contributed by atoms with E-state index in [9.17, 15) is 8.78 Å². The second kappa shape index (κ2) is 7.74. The Balaban J connectivity index is 1.90. The molecular formula is C17H25F2NO. The average Bonchev–Trinajstić information content (AvgIpc) is 2.46. The van der Waals surface area contributed by atoms with E-state index in [1.807, 2.05) is 12.1 Å². The number of alkyl halides is 2. The maximum atomic E-state index is 12.4. The van der Waals surface area contributed by atoms with Crippen LogP contribution >= 0.6 is 0 Å². The van der Waals surface area contributed by atoms with Gasteiger partial charge in [-0.15, -0.1) is 0 Å². The first-order valence-electron chi connectivity index (χ1n) is 7.82. The smallest absolute Gasteiger partial charge is 0.387 e. The molecule has 0 spiro atoms. The fourth-order valence-electron chi connectivity index (χ4n) is 3.13. The molecule has 1 aromatic rings. The van der Waals surface area contributed by atoms with Gasteiger partial charge in [0.25, 0.3) is 0 Å². The first kappa shape index (κ1) is 16.2. The summed E-state index contributed by atoms with van der Waals surface area (Å²) in [6.45, 7) is 2.36. The topological polar surface area (TPSA) is 21.3 Å². The summed E-state index contributed by atoms with van der Waals surface area (Å²) in [5, 5.41) is 3.51. The largest absolute Gasteiger partial charge is 0.434 e. The molecule has 2 unspecified atom stereocenters. The molecule has 0 saturated heterocycles. The summed E-state index contributed by atoms with van der Waals surface area (Å²) >= 11 is 0. The lowest BCUT2D eigenvalue weighted by Crippen LogP contribution is -2.35. The predicted octanol–water partition coefficient (Wildman–Crippen LogP) is 4.59. The van der Waals surface area contributed by atoms with E-state index >= 15 is 0 Å². The molecule has 1 aromatic carbocycles. The molecule has 1 saturated carbocycles. The highest BCUT2D eigenvalue weighted by Gasteiger charge is 2.23. The van der Waals surface area contributed by atoms with Crippen LogP contribution in [0.5, 0.6) is 5.75 Å². The van der Waals surface area contributed by atoms with Crippen molar-refractivity contribution in [1.82, 2.24) is 5.32 Å². The van der Waals surface area contributed by atoms with Gasteiger partial charge in [-0.1, -0.05) is 44.9 Å². The Kier molecular flexibility index (Phi) is 5.97. The zero-order valence-corrected chi connectivity index (χ0v) is 12.8. The van der Waals surface area contributed by atoms with Crippen molar-refractivity contribution in [3.63, 3.8) is 0 Å². The monoisotopic (exact) mass is 297 g/mol. The van der Waals surface area contributed by atoms with E-state index < -0.39 is 6.61 Å². The van der Waals surface area contributed by atoms with Crippen molar-refractivity contribution in [2.24, 2.45) is 11.8 Å². The van der Waals surface area contributed by atoms with Gasteiger partial charge in [0.1, 0.15) is 5.75 Å². The number of rotatable bonds is 6. The van der Waals surface area contributed by atoms with Gasteiger partial charge < -0.3 is 10.1 Å². The molecule has 0 aliphatic heterocycles. The van der Waals surface area contributed by atoms with Crippen LogP contribution in [0.25, 0.3) is 0 Å².